The number of hydrogen-bond donors (Lipinski definition) is 6. The molecule has 0 saturated carbocycles. The van der Waals surface area contributed by atoms with E-state index in [1.165, 1.54) is 0 Å². The lowest BCUT2D eigenvalue weighted by molar-refractivity contribution is -0.147. The van der Waals surface area contributed by atoms with Crippen LogP contribution < -0.4 is 32.7 Å². The first-order valence-corrected chi connectivity index (χ1v) is 19.5. The van der Waals surface area contributed by atoms with Crippen molar-refractivity contribution in [1.29, 1.82) is 0 Å². The zero-order valence-electron chi connectivity index (χ0n) is 31.5. The van der Waals surface area contributed by atoms with Gasteiger partial charge in [0, 0.05) is 36.7 Å². The zero-order valence-corrected chi connectivity index (χ0v) is 31.5. The van der Waals surface area contributed by atoms with Gasteiger partial charge in [-0.3, -0.25) is 14.4 Å². The van der Waals surface area contributed by atoms with Crippen LogP contribution in [0.25, 0.3) is 0 Å². The Morgan fingerprint density at radius 1 is 0.904 bits per heavy atom. The molecule has 3 aliphatic heterocycles. The van der Waals surface area contributed by atoms with E-state index in [0.717, 1.165) is 56.2 Å². The number of nitrogen functional groups attached to an aromatic ring is 1. The fourth-order valence-corrected chi connectivity index (χ4v) is 8.78. The summed E-state index contributed by atoms with van der Waals surface area (Å²) >= 11 is 0. The Morgan fingerprint density at radius 2 is 1.56 bits per heavy atom. The van der Waals surface area contributed by atoms with Crippen molar-refractivity contribution in [2.24, 2.45) is 29.4 Å². The largest absolute Gasteiger partial charge is 0.399 e. The van der Waals surface area contributed by atoms with E-state index < -0.39 is 35.5 Å². The Kier molecular flexibility index (Phi) is 13.5. The quantitative estimate of drug-likeness (QED) is 0.128. The monoisotopic (exact) mass is 715 g/mol. The summed E-state index contributed by atoms with van der Waals surface area (Å²) in [6.45, 7) is 10.4. The molecule has 3 fully saturated rings. The fraction of sp³-hybridized carbons (Fsp3) is 0.610. The minimum atomic E-state index is -1.08. The fourth-order valence-electron chi connectivity index (χ4n) is 8.78. The SMILES string of the molecule is CC[C@H](C)[C@H](NC(=O)[C@H](N)Cc1ccccc1)C(=O)N[C@@H](Cc1ccc(N)cc1)C(=O)N1CCC(C2CC(C)CCN2)[C@]1(C=O)C1CC(C)CCN1. The van der Waals surface area contributed by atoms with E-state index in [1.807, 2.05) is 56.3 Å². The predicted molar refractivity (Wildman–Crippen MR) is 205 cm³/mol. The number of anilines is 1. The number of piperidine rings is 2. The van der Waals surface area contributed by atoms with Gasteiger partial charge in [0.05, 0.1) is 6.04 Å². The van der Waals surface area contributed by atoms with Gasteiger partial charge in [-0.1, -0.05) is 76.6 Å². The molecular formula is C41H61N7O4. The van der Waals surface area contributed by atoms with Crippen LogP contribution in [0.2, 0.25) is 0 Å². The highest BCUT2D eigenvalue weighted by Gasteiger charge is 2.59. The van der Waals surface area contributed by atoms with E-state index in [-0.39, 0.29) is 36.2 Å². The highest BCUT2D eigenvalue weighted by Crippen LogP contribution is 2.44. The second kappa shape index (κ2) is 17.8. The third-order valence-electron chi connectivity index (χ3n) is 12.1. The molecule has 5 rings (SSSR count). The van der Waals surface area contributed by atoms with E-state index in [9.17, 15) is 14.4 Å². The van der Waals surface area contributed by atoms with E-state index in [0.29, 0.717) is 43.3 Å². The number of likely N-dealkylation sites (tertiary alicyclic amines) is 1. The van der Waals surface area contributed by atoms with Gasteiger partial charge >= 0.3 is 0 Å². The first kappa shape index (κ1) is 39.4. The van der Waals surface area contributed by atoms with Gasteiger partial charge in [0.15, 0.2) is 0 Å². The Hall–Kier alpha value is -3.80. The van der Waals surface area contributed by atoms with E-state index in [1.54, 1.807) is 17.0 Å². The lowest BCUT2D eigenvalue weighted by Crippen LogP contribution is -2.70. The summed E-state index contributed by atoms with van der Waals surface area (Å²) in [5.41, 5.74) is 13.6. The summed E-state index contributed by atoms with van der Waals surface area (Å²) < 4.78 is 0. The Labute approximate surface area is 309 Å². The highest BCUT2D eigenvalue weighted by molar-refractivity contribution is 5.95. The van der Waals surface area contributed by atoms with Crippen molar-refractivity contribution in [3.8, 4) is 0 Å². The molecule has 11 heteroatoms. The van der Waals surface area contributed by atoms with Gasteiger partial charge in [0.2, 0.25) is 17.7 Å². The summed E-state index contributed by atoms with van der Waals surface area (Å²) in [4.78, 5) is 58.4. The number of nitrogens with zero attached hydrogens (tertiary/aromatic N) is 1. The molecule has 10 atom stereocenters. The van der Waals surface area contributed by atoms with E-state index in [4.69, 9.17) is 11.5 Å². The number of amides is 3. The third kappa shape index (κ3) is 9.04. The van der Waals surface area contributed by atoms with E-state index >= 15 is 4.79 Å². The molecule has 2 aromatic carbocycles. The third-order valence-corrected chi connectivity index (χ3v) is 12.1. The molecule has 3 saturated heterocycles. The van der Waals surface area contributed by atoms with Crippen molar-refractivity contribution in [1.82, 2.24) is 26.2 Å². The summed E-state index contributed by atoms with van der Waals surface area (Å²) in [6.07, 6.45) is 6.68. The van der Waals surface area contributed by atoms with Crippen molar-refractivity contribution >= 4 is 29.7 Å². The predicted octanol–water partition coefficient (Wildman–Crippen LogP) is 2.96. The van der Waals surface area contributed by atoms with Gasteiger partial charge in [-0.15, -0.1) is 0 Å². The van der Waals surface area contributed by atoms with Gasteiger partial charge in [-0.25, -0.2) is 0 Å². The average Bonchev–Trinajstić information content (AvgIpc) is 3.54. The molecule has 0 aromatic heterocycles. The van der Waals surface area contributed by atoms with Gasteiger partial charge < -0.3 is 42.4 Å². The topological polar surface area (TPSA) is 172 Å². The van der Waals surface area contributed by atoms with Crippen molar-refractivity contribution < 1.29 is 19.2 Å². The maximum absolute atomic E-state index is 15.1. The Bertz CT molecular complexity index is 1510. The summed E-state index contributed by atoms with van der Waals surface area (Å²) in [5.74, 6) is -0.576. The van der Waals surface area contributed by atoms with Crippen LogP contribution in [0.3, 0.4) is 0 Å². The molecule has 52 heavy (non-hydrogen) atoms. The molecule has 8 N–H and O–H groups in total. The highest BCUT2D eigenvalue weighted by atomic mass is 16.2. The van der Waals surface area contributed by atoms with Crippen LogP contribution in [0.5, 0.6) is 0 Å². The van der Waals surface area contributed by atoms with Crippen LogP contribution in [0.4, 0.5) is 5.69 Å². The summed E-state index contributed by atoms with van der Waals surface area (Å²) in [5, 5.41) is 13.4. The number of nitrogens with one attached hydrogen (secondary N) is 4. The van der Waals surface area contributed by atoms with Gasteiger partial charge in [-0.05, 0) is 92.6 Å². The van der Waals surface area contributed by atoms with Crippen molar-refractivity contribution in [2.75, 3.05) is 25.4 Å². The number of carbonyl (C=O) groups excluding carboxylic acids is 4. The molecule has 5 unspecified atom stereocenters. The molecule has 3 amide bonds. The molecule has 3 heterocycles. The molecule has 3 aliphatic rings. The molecule has 2 aromatic rings. The summed E-state index contributed by atoms with van der Waals surface area (Å²) in [7, 11) is 0. The van der Waals surface area contributed by atoms with Crippen LogP contribution in [0, 0.1) is 23.7 Å². The first-order valence-electron chi connectivity index (χ1n) is 19.5. The normalized spacial score (nSPS) is 28.6. The maximum Gasteiger partial charge on any atom is 0.246 e. The number of benzene rings is 2. The minimum Gasteiger partial charge on any atom is -0.399 e. The van der Waals surface area contributed by atoms with Gasteiger partial charge in [0.25, 0.3) is 0 Å². The molecule has 0 bridgehead atoms. The smallest absolute Gasteiger partial charge is 0.246 e. The number of aldehydes is 1. The molecule has 0 spiro atoms. The van der Waals surface area contributed by atoms with Crippen LogP contribution in [0.15, 0.2) is 54.6 Å². The summed E-state index contributed by atoms with van der Waals surface area (Å²) in [6, 6.07) is 13.9. The lowest BCUT2D eigenvalue weighted by atomic mass is 9.69. The van der Waals surface area contributed by atoms with Crippen molar-refractivity contribution in [3.05, 3.63) is 65.7 Å². The molecule has 284 valence electrons. The van der Waals surface area contributed by atoms with Crippen LogP contribution in [0.1, 0.15) is 77.3 Å². The molecular weight excluding hydrogens is 654 g/mol. The van der Waals surface area contributed by atoms with Crippen LogP contribution in [-0.2, 0) is 32.0 Å². The Balaban J connectivity index is 1.45. The van der Waals surface area contributed by atoms with Gasteiger partial charge in [-0.2, -0.15) is 0 Å². The van der Waals surface area contributed by atoms with Crippen LogP contribution >= 0.6 is 0 Å². The lowest BCUT2D eigenvalue weighted by Gasteiger charge is -2.50. The molecule has 11 nitrogen and oxygen atoms in total. The van der Waals surface area contributed by atoms with Crippen molar-refractivity contribution in [2.45, 2.75) is 115 Å². The second-order valence-electron chi connectivity index (χ2n) is 15.9. The first-order chi connectivity index (χ1) is 25.0. The number of nitrogens with two attached hydrogens (primary N) is 2. The van der Waals surface area contributed by atoms with Crippen LogP contribution in [-0.4, -0.2) is 84.3 Å². The number of carbonyl (C=O) groups is 4. The molecule has 0 aliphatic carbocycles. The van der Waals surface area contributed by atoms with Crippen molar-refractivity contribution in [3.63, 3.8) is 0 Å². The minimum absolute atomic E-state index is 0.0781. The van der Waals surface area contributed by atoms with E-state index in [2.05, 4.69) is 35.1 Å². The number of rotatable bonds is 14. The standard InChI is InChI=1S/C41H61N7O4/c1-5-28(4)37(47-38(50)33(43)23-29-9-7-6-8-10-29)39(51)46-35(24-30-11-13-31(42)14-12-30)40(52)48-20-17-32(34-21-26(2)15-18-44-34)41(48,25-49)36-22-27(3)16-19-45-36/h6-14,25-28,32-37,44-45H,5,15-24,42-43H2,1-4H3,(H,46,51)(H,47,50)/t26?,27?,28-,32?,33+,34?,35-,36?,37-,41+/m0/s1. The average molecular weight is 716 g/mol. The zero-order chi connectivity index (χ0) is 37.4. The number of hydrogen-bond acceptors (Lipinski definition) is 8. The molecule has 0 radical (unpaired) electrons. The van der Waals surface area contributed by atoms with Gasteiger partial charge in [0.1, 0.15) is 23.9 Å². The Morgan fingerprint density at radius 3 is 2.19 bits per heavy atom. The maximum atomic E-state index is 15.1. The second-order valence-corrected chi connectivity index (χ2v) is 15.9.